The number of nitrogens with zero attached hydrogens (tertiary/aromatic N) is 2. The molecule has 1 aromatic rings. The standard InChI is InChI=1S/C13H18BrN3O/c1-10-3-4-12(11(14)9-10)15-13(18)17-7-5-16(2)6-8-17/h3-4,9H,5-8H2,1-2H3,(H,15,18). The molecule has 1 N–H and O–H groups in total. The summed E-state index contributed by atoms with van der Waals surface area (Å²) in [7, 11) is 2.08. The Morgan fingerprint density at radius 2 is 1.94 bits per heavy atom. The van der Waals surface area contributed by atoms with Gasteiger partial charge in [0.25, 0.3) is 0 Å². The number of carbonyl (C=O) groups is 1. The maximum Gasteiger partial charge on any atom is 0.321 e. The molecule has 0 aromatic heterocycles. The van der Waals surface area contributed by atoms with E-state index in [-0.39, 0.29) is 6.03 Å². The van der Waals surface area contributed by atoms with E-state index < -0.39 is 0 Å². The summed E-state index contributed by atoms with van der Waals surface area (Å²) >= 11 is 3.47. The highest BCUT2D eigenvalue weighted by Crippen LogP contribution is 2.23. The molecule has 0 atom stereocenters. The zero-order valence-corrected chi connectivity index (χ0v) is 12.3. The average molecular weight is 312 g/mol. The van der Waals surface area contributed by atoms with Crippen LogP contribution in [0.5, 0.6) is 0 Å². The maximum absolute atomic E-state index is 12.1. The summed E-state index contributed by atoms with van der Waals surface area (Å²) in [6, 6.07) is 5.89. The van der Waals surface area contributed by atoms with Crippen LogP contribution >= 0.6 is 15.9 Å². The van der Waals surface area contributed by atoms with Crippen molar-refractivity contribution in [2.45, 2.75) is 6.92 Å². The van der Waals surface area contributed by atoms with Crippen molar-refractivity contribution in [1.29, 1.82) is 0 Å². The quantitative estimate of drug-likeness (QED) is 0.865. The van der Waals surface area contributed by atoms with E-state index >= 15 is 0 Å². The summed E-state index contributed by atoms with van der Waals surface area (Å²) in [6.45, 7) is 5.46. The number of benzene rings is 1. The molecule has 0 aliphatic carbocycles. The predicted molar refractivity (Wildman–Crippen MR) is 77.0 cm³/mol. The molecule has 0 spiro atoms. The first-order chi connectivity index (χ1) is 8.56. The molecule has 0 radical (unpaired) electrons. The number of nitrogens with one attached hydrogen (secondary N) is 1. The second kappa shape index (κ2) is 5.71. The molecule has 1 aromatic carbocycles. The van der Waals surface area contributed by atoms with Gasteiger partial charge < -0.3 is 15.1 Å². The molecule has 98 valence electrons. The smallest absolute Gasteiger partial charge is 0.321 e. The Morgan fingerprint density at radius 3 is 2.56 bits per heavy atom. The van der Waals surface area contributed by atoms with Gasteiger partial charge in [-0.15, -0.1) is 0 Å². The van der Waals surface area contributed by atoms with Crippen LogP contribution in [-0.4, -0.2) is 49.1 Å². The van der Waals surface area contributed by atoms with E-state index in [2.05, 4.69) is 33.2 Å². The molecule has 4 nitrogen and oxygen atoms in total. The molecule has 1 heterocycles. The molecule has 0 saturated carbocycles. The van der Waals surface area contributed by atoms with Gasteiger partial charge in [-0.05, 0) is 47.6 Å². The van der Waals surface area contributed by atoms with E-state index in [4.69, 9.17) is 0 Å². The van der Waals surface area contributed by atoms with Gasteiger partial charge in [0, 0.05) is 30.7 Å². The molecule has 2 amide bonds. The van der Waals surface area contributed by atoms with Crippen LogP contribution in [0.25, 0.3) is 0 Å². The Balaban J connectivity index is 1.98. The summed E-state index contributed by atoms with van der Waals surface area (Å²) in [5.41, 5.74) is 1.99. The van der Waals surface area contributed by atoms with Crippen LogP contribution in [0.4, 0.5) is 10.5 Å². The van der Waals surface area contributed by atoms with Crippen LogP contribution < -0.4 is 5.32 Å². The van der Waals surface area contributed by atoms with E-state index in [0.29, 0.717) is 0 Å². The molecule has 0 bridgehead atoms. The average Bonchev–Trinajstić information content (AvgIpc) is 2.33. The fourth-order valence-corrected chi connectivity index (χ4v) is 2.52. The van der Waals surface area contributed by atoms with Crippen molar-refractivity contribution in [2.24, 2.45) is 0 Å². The zero-order chi connectivity index (χ0) is 13.1. The Bertz CT molecular complexity index is 442. The van der Waals surface area contributed by atoms with E-state index in [0.717, 1.165) is 36.3 Å². The maximum atomic E-state index is 12.1. The lowest BCUT2D eigenvalue weighted by molar-refractivity contribution is 0.164. The van der Waals surface area contributed by atoms with Crippen LogP contribution in [0.2, 0.25) is 0 Å². The van der Waals surface area contributed by atoms with Crippen molar-refractivity contribution < 1.29 is 4.79 Å². The number of likely N-dealkylation sites (N-methyl/N-ethyl adjacent to an activating group) is 1. The highest BCUT2D eigenvalue weighted by Gasteiger charge is 2.19. The van der Waals surface area contributed by atoms with Gasteiger partial charge >= 0.3 is 6.03 Å². The third kappa shape index (κ3) is 3.23. The number of aryl methyl sites for hydroxylation is 1. The largest absolute Gasteiger partial charge is 0.322 e. The number of halogens is 1. The summed E-state index contributed by atoms with van der Waals surface area (Å²) in [6.07, 6.45) is 0. The number of amides is 2. The Morgan fingerprint density at radius 1 is 1.28 bits per heavy atom. The molecule has 1 aliphatic heterocycles. The third-order valence-electron chi connectivity index (χ3n) is 3.16. The van der Waals surface area contributed by atoms with Crippen molar-refractivity contribution in [1.82, 2.24) is 9.80 Å². The number of carbonyl (C=O) groups excluding carboxylic acids is 1. The highest BCUT2D eigenvalue weighted by atomic mass is 79.9. The highest BCUT2D eigenvalue weighted by molar-refractivity contribution is 9.10. The van der Waals surface area contributed by atoms with Crippen LogP contribution in [0.3, 0.4) is 0 Å². The van der Waals surface area contributed by atoms with E-state index in [9.17, 15) is 4.79 Å². The molecule has 1 aliphatic rings. The molecule has 1 saturated heterocycles. The molecule has 1 fully saturated rings. The topological polar surface area (TPSA) is 35.6 Å². The van der Waals surface area contributed by atoms with Gasteiger partial charge in [-0.3, -0.25) is 0 Å². The van der Waals surface area contributed by atoms with Crippen LogP contribution in [0.15, 0.2) is 22.7 Å². The molecule has 2 rings (SSSR count). The fraction of sp³-hybridized carbons (Fsp3) is 0.462. The summed E-state index contributed by atoms with van der Waals surface area (Å²) < 4.78 is 0.921. The lowest BCUT2D eigenvalue weighted by Gasteiger charge is -2.32. The van der Waals surface area contributed by atoms with Gasteiger partial charge in [-0.2, -0.15) is 0 Å². The zero-order valence-electron chi connectivity index (χ0n) is 10.7. The number of hydrogen-bond acceptors (Lipinski definition) is 2. The van der Waals surface area contributed by atoms with Crippen molar-refractivity contribution >= 4 is 27.6 Å². The fourth-order valence-electron chi connectivity index (χ4n) is 1.93. The summed E-state index contributed by atoms with van der Waals surface area (Å²) in [5.74, 6) is 0. The van der Waals surface area contributed by atoms with E-state index in [1.54, 1.807) is 0 Å². The third-order valence-corrected chi connectivity index (χ3v) is 3.81. The normalized spacial score (nSPS) is 16.7. The number of rotatable bonds is 1. The molecular weight excluding hydrogens is 294 g/mol. The van der Waals surface area contributed by atoms with Gasteiger partial charge in [0.2, 0.25) is 0 Å². The molecule has 18 heavy (non-hydrogen) atoms. The van der Waals surface area contributed by atoms with Gasteiger partial charge in [-0.1, -0.05) is 6.07 Å². The van der Waals surface area contributed by atoms with Crippen LogP contribution in [0.1, 0.15) is 5.56 Å². The number of hydrogen-bond donors (Lipinski definition) is 1. The van der Waals surface area contributed by atoms with Gasteiger partial charge in [0.05, 0.1) is 5.69 Å². The van der Waals surface area contributed by atoms with Crippen molar-refractivity contribution in [3.05, 3.63) is 28.2 Å². The number of anilines is 1. The Hall–Kier alpha value is -1.07. The van der Waals surface area contributed by atoms with Gasteiger partial charge in [0.1, 0.15) is 0 Å². The van der Waals surface area contributed by atoms with Crippen molar-refractivity contribution in [2.75, 3.05) is 38.5 Å². The molecule has 0 unspecified atom stereocenters. The monoisotopic (exact) mass is 311 g/mol. The SMILES string of the molecule is Cc1ccc(NC(=O)N2CCN(C)CC2)c(Br)c1. The summed E-state index contributed by atoms with van der Waals surface area (Å²) in [5, 5.41) is 2.94. The second-order valence-corrected chi connectivity index (χ2v) is 5.56. The van der Waals surface area contributed by atoms with Crippen LogP contribution in [-0.2, 0) is 0 Å². The minimum absolute atomic E-state index is 0.0207. The first kappa shape index (κ1) is 13.4. The number of piperazine rings is 1. The lowest BCUT2D eigenvalue weighted by Crippen LogP contribution is -2.48. The molecule has 5 heteroatoms. The van der Waals surface area contributed by atoms with Gasteiger partial charge in [-0.25, -0.2) is 4.79 Å². The van der Waals surface area contributed by atoms with Crippen molar-refractivity contribution in [3.8, 4) is 0 Å². The first-order valence-corrected chi connectivity index (χ1v) is 6.86. The Kier molecular flexibility index (Phi) is 4.24. The number of urea groups is 1. The summed E-state index contributed by atoms with van der Waals surface area (Å²) in [4.78, 5) is 16.2. The molecular formula is C13H18BrN3O. The first-order valence-electron chi connectivity index (χ1n) is 6.07. The van der Waals surface area contributed by atoms with E-state index in [1.807, 2.05) is 30.0 Å². The minimum Gasteiger partial charge on any atom is -0.322 e. The second-order valence-electron chi connectivity index (χ2n) is 4.70. The van der Waals surface area contributed by atoms with Gasteiger partial charge in [0.15, 0.2) is 0 Å². The van der Waals surface area contributed by atoms with Crippen molar-refractivity contribution in [3.63, 3.8) is 0 Å². The minimum atomic E-state index is -0.0207. The van der Waals surface area contributed by atoms with Crippen LogP contribution in [0, 0.1) is 6.92 Å². The van der Waals surface area contributed by atoms with E-state index in [1.165, 1.54) is 5.56 Å². The lowest BCUT2D eigenvalue weighted by atomic mass is 10.2. The Labute approximate surface area is 116 Å². The predicted octanol–water partition coefficient (Wildman–Crippen LogP) is 2.54.